The van der Waals surface area contributed by atoms with Gasteiger partial charge in [-0.2, -0.15) is 13.2 Å². The van der Waals surface area contributed by atoms with Crippen LogP contribution in [0.3, 0.4) is 0 Å². The quantitative estimate of drug-likeness (QED) is 0.629. The first-order valence-electron chi connectivity index (χ1n) is 8.99. The lowest BCUT2D eigenvalue weighted by Crippen LogP contribution is -2.16. The zero-order chi connectivity index (χ0) is 19.7. The Labute approximate surface area is 160 Å². The average Bonchev–Trinajstić information content (AvgIpc) is 3.16. The van der Waals surface area contributed by atoms with E-state index in [0.29, 0.717) is 24.8 Å². The van der Waals surface area contributed by atoms with Crippen molar-refractivity contribution in [1.29, 1.82) is 0 Å². The summed E-state index contributed by atoms with van der Waals surface area (Å²) < 4.78 is 50.9. The molecule has 2 heterocycles. The molecule has 1 atom stereocenters. The number of fused-ring (bicyclic) bond motifs is 1. The second-order valence-corrected chi connectivity index (χ2v) is 6.73. The van der Waals surface area contributed by atoms with Gasteiger partial charge in [0.1, 0.15) is 19.0 Å². The van der Waals surface area contributed by atoms with Crippen LogP contribution in [0.4, 0.5) is 13.2 Å². The second kappa shape index (κ2) is 7.22. The van der Waals surface area contributed by atoms with Crippen LogP contribution in [-0.2, 0) is 6.42 Å². The van der Waals surface area contributed by atoms with E-state index < -0.39 is 12.6 Å². The Bertz CT molecular complexity index is 965. The molecule has 1 aliphatic heterocycles. The molecule has 0 fully saturated rings. The molecular weight excluding hydrogens is 369 g/mol. The summed E-state index contributed by atoms with van der Waals surface area (Å²) in [4.78, 5) is 4.41. The van der Waals surface area contributed by atoms with Crippen LogP contribution in [0.25, 0.3) is 11.4 Å². The van der Waals surface area contributed by atoms with Crippen molar-refractivity contribution in [1.82, 2.24) is 9.55 Å². The molecule has 0 bridgehead atoms. The van der Waals surface area contributed by atoms with Crippen LogP contribution in [0.2, 0.25) is 0 Å². The fourth-order valence-electron chi connectivity index (χ4n) is 3.33. The molecule has 146 valence electrons. The van der Waals surface area contributed by atoms with Gasteiger partial charge in [0.2, 0.25) is 0 Å². The molecule has 0 spiro atoms. The summed E-state index contributed by atoms with van der Waals surface area (Å²) in [6, 6.07) is 12.1. The molecule has 4 rings (SSSR count). The number of ether oxygens (including phenoxy) is 2. The largest absolute Gasteiger partial charge is 0.486 e. The van der Waals surface area contributed by atoms with Crippen molar-refractivity contribution >= 4 is 0 Å². The number of rotatable bonds is 4. The smallest absolute Gasteiger partial charge is 0.393 e. The van der Waals surface area contributed by atoms with Gasteiger partial charge in [0, 0.05) is 18.0 Å². The first kappa shape index (κ1) is 18.4. The summed E-state index contributed by atoms with van der Waals surface area (Å²) in [5, 5.41) is 0. The molecule has 1 aliphatic rings. The maximum Gasteiger partial charge on any atom is 0.393 e. The van der Waals surface area contributed by atoms with Crippen molar-refractivity contribution < 1.29 is 22.6 Å². The number of nitrogens with zero attached hydrogens (tertiary/aromatic N) is 2. The van der Waals surface area contributed by atoms with Crippen molar-refractivity contribution in [2.24, 2.45) is 0 Å². The van der Waals surface area contributed by atoms with Gasteiger partial charge in [0.05, 0.1) is 12.5 Å². The highest BCUT2D eigenvalue weighted by Gasteiger charge is 2.27. The molecule has 7 heteroatoms. The summed E-state index contributed by atoms with van der Waals surface area (Å²) in [5.74, 6) is 2.14. The monoisotopic (exact) mass is 388 g/mol. The predicted octanol–water partition coefficient (Wildman–Crippen LogP) is 5.04. The Morgan fingerprint density at radius 2 is 1.75 bits per heavy atom. The van der Waals surface area contributed by atoms with Gasteiger partial charge >= 0.3 is 6.18 Å². The lowest BCUT2D eigenvalue weighted by molar-refractivity contribution is -0.127. The van der Waals surface area contributed by atoms with E-state index in [9.17, 15) is 13.2 Å². The fourth-order valence-corrected chi connectivity index (χ4v) is 3.33. The van der Waals surface area contributed by atoms with Crippen molar-refractivity contribution in [2.75, 3.05) is 13.2 Å². The summed E-state index contributed by atoms with van der Waals surface area (Å²) in [7, 11) is 0. The van der Waals surface area contributed by atoms with Crippen LogP contribution in [0.5, 0.6) is 11.5 Å². The first-order valence-corrected chi connectivity index (χ1v) is 8.99. The molecule has 0 amide bonds. The van der Waals surface area contributed by atoms with Crippen LogP contribution in [0, 0.1) is 0 Å². The van der Waals surface area contributed by atoms with E-state index in [4.69, 9.17) is 9.47 Å². The molecule has 0 saturated carbocycles. The first-order chi connectivity index (χ1) is 13.4. The highest BCUT2D eigenvalue weighted by molar-refractivity contribution is 5.57. The van der Waals surface area contributed by atoms with Crippen LogP contribution in [0.1, 0.15) is 24.1 Å². The number of aromatic nitrogens is 2. The van der Waals surface area contributed by atoms with E-state index in [1.54, 1.807) is 18.3 Å². The Morgan fingerprint density at radius 3 is 2.46 bits per heavy atom. The molecule has 0 N–H and O–H groups in total. The van der Waals surface area contributed by atoms with Crippen LogP contribution in [0.15, 0.2) is 54.9 Å². The zero-order valence-electron chi connectivity index (χ0n) is 15.2. The minimum absolute atomic E-state index is 0.0387. The SMILES string of the molecule is CC(c1ccc2c(c1)OCCO2)n1ccnc1-c1ccc(CC(F)(F)F)cc1. The summed E-state index contributed by atoms with van der Waals surface area (Å²) in [6.07, 6.45) is -1.60. The molecular formula is C21H19F3N2O2. The van der Waals surface area contributed by atoms with Gasteiger partial charge in [-0.3, -0.25) is 0 Å². The van der Waals surface area contributed by atoms with Crippen LogP contribution in [-0.4, -0.2) is 28.9 Å². The van der Waals surface area contributed by atoms with Gasteiger partial charge in [-0.05, 0) is 30.2 Å². The van der Waals surface area contributed by atoms with Crippen LogP contribution >= 0.6 is 0 Å². The van der Waals surface area contributed by atoms with Crippen LogP contribution < -0.4 is 9.47 Å². The predicted molar refractivity (Wildman–Crippen MR) is 98.7 cm³/mol. The molecule has 28 heavy (non-hydrogen) atoms. The molecule has 1 unspecified atom stereocenters. The highest BCUT2D eigenvalue weighted by atomic mass is 19.4. The number of alkyl halides is 3. The Hall–Kier alpha value is -2.96. The molecule has 0 saturated heterocycles. The van der Waals surface area contributed by atoms with Gasteiger partial charge in [-0.1, -0.05) is 30.3 Å². The van der Waals surface area contributed by atoms with Gasteiger partial charge in [-0.25, -0.2) is 4.98 Å². The number of hydrogen-bond donors (Lipinski definition) is 0. The average molecular weight is 388 g/mol. The topological polar surface area (TPSA) is 36.3 Å². The highest BCUT2D eigenvalue weighted by Crippen LogP contribution is 2.34. The molecule has 0 radical (unpaired) electrons. The lowest BCUT2D eigenvalue weighted by Gasteiger charge is -2.22. The Balaban J connectivity index is 1.60. The molecule has 1 aromatic heterocycles. The second-order valence-electron chi connectivity index (χ2n) is 6.73. The maximum atomic E-state index is 12.6. The number of imidazole rings is 1. The Kier molecular flexibility index (Phi) is 4.75. The van der Waals surface area contributed by atoms with E-state index in [1.807, 2.05) is 35.9 Å². The Morgan fingerprint density at radius 1 is 1.04 bits per heavy atom. The third-order valence-electron chi connectivity index (χ3n) is 4.75. The van der Waals surface area contributed by atoms with Crippen molar-refractivity contribution in [3.05, 3.63) is 66.0 Å². The summed E-state index contributed by atoms with van der Waals surface area (Å²) >= 11 is 0. The van der Waals surface area contributed by atoms with E-state index in [-0.39, 0.29) is 11.6 Å². The number of hydrogen-bond acceptors (Lipinski definition) is 3. The van der Waals surface area contributed by atoms with Crippen molar-refractivity contribution in [3.63, 3.8) is 0 Å². The minimum Gasteiger partial charge on any atom is -0.486 e. The molecule has 2 aromatic carbocycles. The third-order valence-corrected chi connectivity index (χ3v) is 4.75. The minimum atomic E-state index is -4.22. The van der Waals surface area contributed by atoms with Gasteiger partial charge in [0.25, 0.3) is 0 Å². The van der Waals surface area contributed by atoms with E-state index in [1.165, 1.54) is 12.1 Å². The lowest BCUT2D eigenvalue weighted by atomic mass is 10.1. The normalized spacial score (nSPS) is 14.7. The third kappa shape index (κ3) is 3.83. The van der Waals surface area contributed by atoms with Crippen molar-refractivity contribution in [3.8, 4) is 22.9 Å². The fraction of sp³-hybridized carbons (Fsp3) is 0.286. The van der Waals surface area contributed by atoms with Gasteiger partial charge in [-0.15, -0.1) is 0 Å². The van der Waals surface area contributed by atoms with E-state index >= 15 is 0 Å². The molecule has 3 aromatic rings. The zero-order valence-corrected chi connectivity index (χ0v) is 15.2. The number of benzene rings is 2. The van der Waals surface area contributed by atoms with Gasteiger partial charge < -0.3 is 14.0 Å². The maximum absolute atomic E-state index is 12.6. The van der Waals surface area contributed by atoms with Gasteiger partial charge in [0.15, 0.2) is 11.5 Å². The van der Waals surface area contributed by atoms with Crippen molar-refractivity contribution in [2.45, 2.75) is 25.6 Å². The summed E-state index contributed by atoms with van der Waals surface area (Å²) in [6.45, 7) is 3.10. The molecule has 4 nitrogen and oxygen atoms in total. The number of halogens is 3. The standard InChI is InChI=1S/C21H19F3N2O2/c1-14(17-6-7-18-19(12-17)28-11-10-27-18)26-9-8-25-20(26)16-4-2-15(3-5-16)13-21(22,23)24/h2-9,12,14H,10-11,13H2,1H3. The summed E-state index contributed by atoms with van der Waals surface area (Å²) in [5.41, 5.74) is 2.02. The van der Waals surface area contributed by atoms with E-state index in [2.05, 4.69) is 4.98 Å². The van der Waals surface area contributed by atoms with E-state index in [0.717, 1.165) is 16.9 Å². The molecule has 0 aliphatic carbocycles.